The standard InChI is InChI=1S/C15H23ClFN3/c1-10-8-20(9-11(2)19(10)3)15(7-18)12-4-5-14(17)13(16)6-12/h4-6,10-11,15H,7-9,18H2,1-3H3. The van der Waals surface area contributed by atoms with Crippen molar-refractivity contribution in [2.45, 2.75) is 32.0 Å². The van der Waals surface area contributed by atoms with Crippen molar-refractivity contribution in [3.05, 3.63) is 34.6 Å². The fraction of sp³-hybridized carbons (Fsp3) is 0.600. The molecule has 0 aliphatic carbocycles. The van der Waals surface area contributed by atoms with Gasteiger partial charge < -0.3 is 5.73 Å². The molecule has 0 bridgehead atoms. The lowest BCUT2D eigenvalue weighted by atomic mass is 10.0. The minimum absolute atomic E-state index is 0.0895. The molecule has 3 nitrogen and oxygen atoms in total. The first-order chi connectivity index (χ1) is 9.43. The number of rotatable bonds is 3. The lowest BCUT2D eigenvalue weighted by Crippen LogP contribution is -2.56. The van der Waals surface area contributed by atoms with E-state index in [1.54, 1.807) is 12.1 Å². The molecule has 1 fully saturated rings. The summed E-state index contributed by atoms with van der Waals surface area (Å²) in [5.74, 6) is -0.383. The highest BCUT2D eigenvalue weighted by molar-refractivity contribution is 6.30. The zero-order valence-corrected chi connectivity index (χ0v) is 13.1. The summed E-state index contributed by atoms with van der Waals surface area (Å²) < 4.78 is 13.3. The summed E-state index contributed by atoms with van der Waals surface area (Å²) in [4.78, 5) is 4.75. The molecule has 1 aliphatic rings. The summed E-state index contributed by atoms with van der Waals surface area (Å²) in [6, 6.07) is 5.94. The van der Waals surface area contributed by atoms with Crippen LogP contribution in [0.5, 0.6) is 0 Å². The van der Waals surface area contributed by atoms with Gasteiger partial charge in [-0.1, -0.05) is 17.7 Å². The molecule has 112 valence electrons. The Labute approximate surface area is 125 Å². The van der Waals surface area contributed by atoms with Crippen molar-refractivity contribution in [1.82, 2.24) is 9.80 Å². The summed E-state index contributed by atoms with van der Waals surface area (Å²) >= 11 is 5.89. The van der Waals surface area contributed by atoms with Crippen LogP contribution < -0.4 is 5.73 Å². The quantitative estimate of drug-likeness (QED) is 0.931. The monoisotopic (exact) mass is 299 g/mol. The molecule has 1 aromatic rings. The van der Waals surface area contributed by atoms with E-state index in [4.69, 9.17) is 17.3 Å². The third kappa shape index (κ3) is 3.14. The molecular formula is C15H23ClFN3. The molecule has 1 aromatic carbocycles. The predicted molar refractivity (Wildman–Crippen MR) is 81.5 cm³/mol. The molecule has 0 spiro atoms. The fourth-order valence-corrected chi connectivity index (χ4v) is 3.10. The molecule has 2 rings (SSSR count). The summed E-state index contributed by atoms with van der Waals surface area (Å²) in [5.41, 5.74) is 6.95. The zero-order valence-electron chi connectivity index (χ0n) is 12.3. The lowest BCUT2D eigenvalue weighted by Gasteiger charge is -2.45. The molecule has 0 radical (unpaired) electrons. The Kier molecular flexibility index (Phi) is 5.02. The first kappa shape index (κ1) is 15.7. The number of benzene rings is 1. The Morgan fingerprint density at radius 2 is 1.95 bits per heavy atom. The highest BCUT2D eigenvalue weighted by atomic mass is 35.5. The van der Waals surface area contributed by atoms with Crippen LogP contribution in [-0.4, -0.2) is 48.6 Å². The largest absolute Gasteiger partial charge is 0.329 e. The van der Waals surface area contributed by atoms with Gasteiger partial charge >= 0.3 is 0 Å². The van der Waals surface area contributed by atoms with E-state index in [1.165, 1.54) is 6.07 Å². The Morgan fingerprint density at radius 3 is 2.45 bits per heavy atom. The van der Waals surface area contributed by atoms with E-state index in [0.717, 1.165) is 18.7 Å². The first-order valence-corrected chi connectivity index (χ1v) is 7.42. The van der Waals surface area contributed by atoms with Crippen LogP contribution >= 0.6 is 11.6 Å². The molecule has 1 heterocycles. The zero-order chi connectivity index (χ0) is 14.9. The van der Waals surface area contributed by atoms with Gasteiger partial charge in [-0.3, -0.25) is 9.80 Å². The molecule has 1 aliphatic heterocycles. The molecule has 3 atom stereocenters. The van der Waals surface area contributed by atoms with Crippen LogP contribution in [0.15, 0.2) is 18.2 Å². The van der Waals surface area contributed by atoms with Crippen molar-refractivity contribution in [3.63, 3.8) is 0 Å². The van der Waals surface area contributed by atoms with E-state index in [1.807, 2.05) is 0 Å². The number of halogens is 2. The highest BCUT2D eigenvalue weighted by Crippen LogP contribution is 2.27. The SMILES string of the molecule is CC1CN(C(CN)c2ccc(F)c(Cl)c2)CC(C)N1C. The van der Waals surface area contributed by atoms with Crippen molar-refractivity contribution in [2.24, 2.45) is 5.73 Å². The second kappa shape index (κ2) is 6.39. The second-order valence-electron chi connectivity index (χ2n) is 5.74. The molecular weight excluding hydrogens is 277 g/mol. The van der Waals surface area contributed by atoms with Gasteiger partial charge in [-0.25, -0.2) is 4.39 Å². The molecule has 0 saturated carbocycles. The Bertz CT molecular complexity index is 456. The van der Waals surface area contributed by atoms with Crippen LogP contribution in [0.3, 0.4) is 0 Å². The van der Waals surface area contributed by atoms with Crippen molar-refractivity contribution in [1.29, 1.82) is 0 Å². The van der Waals surface area contributed by atoms with Crippen molar-refractivity contribution >= 4 is 11.6 Å². The Morgan fingerprint density at radius 1 is 1.35 bits per heavy atom. The van der Waals surface area contributed by atoms with Gasteiger partial charge in [0.15, 0.2) is 0 Å². The average Bonchev–Trinajstić information content (AvgIpc) is 2.41. The molecule has 1 saturated heterocycles. The van der Waals surface area contributed by atoms with Crippen LogP contribution in [0.25, 0.3) is 0 Å². The molecule has 5 heteroatoms. The van der Waals surface area contributed by atoms with E-state index in [0.29, 0.717) is 18.6 Å². The van der Waals surface area contributed by atoms with Gasteiger partial charge in [0.2, 0.25) is 0 Å². The summed E-state index contributed by atoms with van der Waals surface area (Å²) in [6.07, 6.45) is 0. The van der Waals surface area contributed by atoms with Gasteiger partial charge in [-0.15, -0.1) is 0 Å². The van der Waals surface area contributed by atoms with Crippen molar-refractivity contribution in [2.75, 3.05) is 26.7 Å². The fourth-order valence-electron chi connectivity index (χ4n) is 2.92. The van der Waals surface area contributed by atoms with Crippen molar-refractivity contribution < 1.29 is 4.39 Å². The smallest absolute Gasteiger partial charge is 0.141 e. The third-order valence-electron chi connectivity index (χ3n) is 4.38. The van der Waals surface area contributed by atoms with E-state index in [2.05, 4.69) is 30.7 Å². The molecule has 0 aromatic heterocycles. The van der Waals surface area contributed by atoms with Gasteiger partial charge in [0.25, 0.3) is 0 Å². The molecule has 0 amide bonds. The van der Waals surface area contributed by atoms with E-state index >= 15 is 0 Å². The van der Waals surface area contributed by atoms with Crippen LogP contribution in [0.1, 0.15) is 25.5 Å². The number of likely N-dealkylation sites (N-methyl/N-ethyl adjacent to an activating group) is 1. The average molecular weight is 300 g/mol. The minimum Gasteiger partial charge on any atom is -0.329 e. The van der Waals surface area contributed by atoms with E-state index < -0.39 is 0 Å². The first-order valence-electron chi connectivity index (χ1n) is 7.05. The maximum atomic E-state index is 13.3. The van der Waals surface area contributed by atoms with E-state index in [-0.39, 0.29) is 16.9 Å². The topological polar surface area (TPSA) is 32.5 Å². The third-order valence-corrected chi connectivity index (χ3v) is 4.67. The van der Waals surface area contributed by atoms with Gasteiger partial charge in [-0.2, -0.15) is 0 Å². The Hall–Kier alpha value is -0.680. The van der Waals surface area contributed by atoms with Crippen LogP contribution in [0, 0.1) is 5.82 Å². The number of hydrogen-bond donors (Lipinski definition) is 1. The van der Waals surface area contributed by atoms with Gasteiger partial charge in [0, 0.05) is 37.8 Å². The van der Waals surface area contributed by atoms with Crippen LogP contribution in [0.2, 0.25) is 5.02 Å². The normalized spacial score (nSPS) is 26.7. The second-order valence-corrected chi connectivity index (χ2v) is 6.15. The van der Waals surface area contributed by atoms with Gasteiger partial charge in [-0.05, 0) is 38.6 Å². The minimum atomic E-state index is -0.383. The number of piperazine rings is 1. The summed E-state index contributed by atoms with van der Waals surface area (Å²) in [5, 5.41) is 0.163. The molecule has 20 heavy (non-hydrogen) atoms. The maximum absolute atomic E-state index is 13.3. The molecule has 3 unspecified atom stereocenters. The van der Waals surface area contributed by atoms with Gasteiger partial charge in [0.05, 0.1) is 5.02 Å². The van der Waals surface area contributed by atoms with E-state index in [9.17, 15) is 4.39 Å². The summed E-state index contributed by atoms with van der Waals surface area (Å²) in [6.45, 7) is 6.85. The lowest BCUT2D eigenvalue weighted by molar-refractivity contribution is 0.0352. The number of hydrogen-bond acceptors (Lipinski definition) is 3. The highest BCUT2D eigenvalue weighted by Gasteiger charge is 2.31. The van der Waals surface area contributed by atoms with Crippen molar-refractivity contribution in [3.8, 4) is 0 Å². The predicted octanol–water partition coefficient (Wildman–Crippen LogP) is 2.50. The maximum Gasteiger partial charge on any atom is 0.141 e. The number of nitrogens with zero attached hydrogens (tertiary/aromatic N) is 2. The van der Waals surface area contributed by atoms with Crippen LogP contribution in [-0.2, 0) is 0 Å². The molecule has 2 N–H and O–H groups in total. The van der Waals surface area contributed by atoms with Gasteiger partial charge in [0.1, 0.15) is 5.82 Å². The summed E-state index contributed by atoms with van der Waals surface area (Å²) in [7, 11) is 2.15. The van der Waals surface area contributed by atoms with Crippen LogP contribution in [0.4, 0.5) is 4.39 Å². The number of nitrogens with two attached hydrogens (primary N) is 1. The Balaban J connectivity index is 2.21.